The van der Waals surface area contributed by atoms with Crippen molar-refractivity contribution in [2.24, 2.45) is 0 Å². The Morgan fingerprint density at radius 1 is 1.09 bits per heavy atom. The molecule has 2 rings (SSSR count). The molecule has 0 saturated carbocycles. The lowest BCUT2D eigenvalue weighted by molar-refractivity contribution is 0.410. The predicted octanol–water partition coefficient (Wildman–Crippen LogP) is 1.51. The number of nitrogens with zero attached hydrogens (tertiary/aromatic N) is 2. The molecule has 0 fully saturated rings. The van der Waals surface area contributed by atoms with Crippen LogP contribution in [0, 0.1) is 0 Å². The normalized spacial score (nSPS) is 11.0. The van der Waals surface area contributed by atoms with Crippen LogP contribution in [0.25, 0.3) is 0 Å². The van der Waals surface area contributed by atoms with Crippen LogP contribution in [-0.4, -0.2) is 38.5 Å². The maximum absolute atomic E-state index is 11.1. The van der Waals surface area contributed by atoms with Crippen molar-refractivity contribution in [3.63, 3.8) is 0 Å². The number of hydrogen-bond donors (Lipinski definition) is 2. The summed E-state index contributed by atoms with van der Waals surface area (Å²) in [4.78, 5) is 0. The van der Waals surface area contributed by atoms with Gasteiger partial charge in [0.15, 0.2) is 5.82 Å². The fourth-order valence-corrected chi connectivity index (χ4v) is 2.39. The van der Waals surface area contributed by atoms with Gasteiger partial charge in [0, 0.05) is 6.54 Å². The van der Waals surface area contributed by atoms with E-state index in [0.717, 1.165) is 24.0 Å². The number of para-hydroxylation sites is 1. The van der Waals surface area contributed by atoms with Gasteiger partial charge in [-0.3, -0.25) is 4.72 Å². The van der Waals surface area contributed by atoms with Crippen LogP contribution < -0.4 is 14.8 Å². The molecule has 0 aliphatic heterocycles. The third-order valence-electron chi connectivity index (χ3n) is 2.85. The minimum Gasteiger partial charge on any atom is -0.496 e. The molecule has 0 aliphatic rings. The van der Waals surface area contributed by atoms with Gasteiger partial charge in [0.05, 0.1) is 13.4 Å². The van der Waals surface area contributed by atoms with Crippen LogP contribution in [0.15, 0.2) is 36.4 Å². The number of anilines is 2. The summed E-state index contributed by atoms with van der Waals surface area (Å²) in [5.74, 6) is 1.62. The van der Waals surface area contributed by atoms with Crippen molar-refractivity contribution >= 4 is 21.7 Å². The van der Waals surface area contributed by atoms with E-state index in [1.807, 2.05) is 24.3 Å². The molecule has 0 bridgehead atoms. The molecule has 1 aromatic carbocycles. The molecule has 0 saturated heterocycles. The lowest BCUT2D eigenvalue weighted by Crippen LogP contribution is -2.12. The third-order valence-corrected chi connectivity index (χ3v) is 3.43. The second-order valence-corrected chi connectivity index (χ2v) is 6.42. The first-order valence-corrected chi connectivity index (χ1v) is 8.54. The highest BCUT2D eigenvalue weighted by atomic mass is 32.2. The topological polar surface area (TPSA) is 93.2 Å². The summed E-state index contributed by atoms with van der Waals surface area (Å²) < 4.78 is 29.7. The quantitative estimate of drug-likeness (QED) is 0.802. The van der Waals surface area contributed by atoms with Crippen LogP contribution >= 0.6 is 0 Å². The van der Waals surface area contributed by atoms with E-state index in [0.29, 0.717) is 12.4 Å². The Balaban J connectivity index is 1.89. The van der Waals surface area contributed by atoms with Crippen LogP contribution in [0.2, 0.25) is 0 Å². The SMILES string of the molecule is COc1ccccc1CCNc1ccc(NS(C)(=O)=O)nn1. The van der Waals surface area contributed by atoms with Crippen molar-refractivity contribution < 1.29 is 13.2 Å². The summed E-state index contributed by atoms with van der Waals surface area (Å²) >= 11 is 0. The number of nitrogens with one attached hydrogen (secondary N) is 2. The van der Waals surface area contributed by atoms with Gasteiger partial charge in [-0.25, -0.2) is 8.42 Å². The van der Waals surface area contributed by atoms with Crippen molar-refractivity contribution in [3.8, 4) is 5.75 Å². The van der Waals surface area contributed by atoms with Gasteiger partial charge in [-0.1, -0.05) is 18.2 Å². The Labute approximate surface area is 129 Å². The maximum atomic E-state index is 11.1. The zero-order valence-corrected chi connectivity index (χ0v) is 13.2. The Hall–Kier alpha value is -2.35. The van der Waals surface area contributed by atoms with E-state index in [9.17, 15) is 8.42 Å². The lowest BCUT2D eigenvalue weighted by Gasteiger charge is -2.09. The van der Waals surface area contributed by atoms with Gasteiger partial charge in [0.2, 0.25) is 10.0 Å². The first-order valence-electron chi connectivity index (χ1n) is 6.65. The van der Waals surface area contributed by atoms with E-state index in [2.05, 4.69) is 20.2 Å². The van der Waals surface area contributed by atoms with Crippen molar-refractivity contribution in [3.05, 3.63) is 42.0 Å². The summed E-state index contributed by atoms with van der Waals surface area (Å²) in [6, 6.07) is 11.0. The monoisotopic (exact) mass is 322 g/mol. The van der Waals surface area contributed by atoms with Crippen molar-refractivity contribution in [2.75, 3.05) is 29.9 Å². The Morgan fingerprint density at radius 2 is 1.77 bits per heavy atom. The van der Waals surface area contributed by atoms with Crippen molar-refractivity contribution in [2.45, 2.75) is 6.42 Å². The molecule has 0 spiro atoms. The van der Waals surface area contributed by atoms with Gasteiger partial charge in [-0.15, -0.1) is 10.2 Å². The molecule has 7 nitrogen and oxygen atoms in total. The number of aromatic nitrogens is 2. The van der Waals surface area contributed by atoms with Gasteiger partial charge in [0.25, 0.3) is 0 Å². The first kappa shape index (κ1) is 16.0. The van der Waals surface area contributed by atoms with Gasteiger partial charge < -0.3 is 10.1 Å². The average molecular weight is 322 g/mol. The highest BCUT2D eigenvalue weighted by Gasteiger charge is 2.04. The molecular formula is C14H18N4O3S. The maximum Gasteiger partial charge on any atom is 0.231 e. The molecule has 0 unspecified atom stereocenters. The number of benzene rings is 1. The molecule has 0 atom stereocenters. The smallest absolute Gasteiger partial charge is 0.231 e. The fourth-order valence-electron chi connectivity index (χ4n) is 1.91. The summed E-state index contributed by atoms with van der Waals surface area (Å²) in [6.45, 7) is 0.661. The Bertz CT molecular complexity index is 717. The predicted molar refractivity (Wildman–Crippen MR) is 85.7 cm³/mol. The number of ether oxygens (including phenoxy) is 1. The van der Waals surface area contributed by atoms with Crippen LogP contribution in [0.4, 0.5) is 11.6 Å². The molecule has 2 N–H and O–H groups in total. The molecule has 0 amide bonds. The zero-order chi connectivity index (χ0) is 16.0. The molecule has 8 heteroatoms. The van der Waals surface area contributed by atoms with Gasteiger partial charge in [-0.05, 0) is 30.2 Å². The van der Waals surface area contributed by atoms with E-state index in [1.165, 1.54) is 0 Å². The van der Waals surface area contributed by atoms with Crippen molar-refractivity contribution in [1.29, 1.82) is 0 Å². The van der Waals surface area contributed by atoms with E-state index < -0.39 is 10.0 Å². The molecule has 0 aliphatic carbocycles. The molecule has 2 aromatic rings. The molecule has 0 radical (unpaired) electrons. The first-order chi connectivity index (χ1) is 10.5. The summed E-state index contributed by atoms with van der Waals surface area (Å²) in [6.07, 6.45) is 1.84. The summed E-state index contributed by atoms with van der Waals surface area (Å²) in [7, 11) is -1.69. The van der Waals surface area contributed by atoms with Crippen LogP contribution in [-0.2, 0) is 16.4 Å². The molecule has 22 heavy (non-hydrogen) atoms. The van der Waals surface area contributed by atoms with Gasteiger partial charge in [0.1, 0.15) is 11.6 Å². The van der Waals surface area contributed by atoms with Crippen molar-refractivity contribution in [1.82, 2.24) is 10.2 Å². The molecule has 1 aromatic heterocycles. The van der Waals surface area contributed by atoms with Gasteiger partial charge in [-0.2, -0.15) is 0 Å². The minimum atomic E-state index is -3.34. The standard InChI is InChI=1S/C14H18N4O3S/c1-21-12-6-4-3-5-11(12)9-10-15-13-7-8-14(17-16-13)18-22(2,19)20/h3-8H,9-10H2,1-2H3,(H,15,16)(H,17,18). The third kappa shape index (κ3) is 4.88. The average Bonchev–Trinajstić information content (AvgIpc) is 2.48. The second-order valence-electron chi connectivity index (χ2n) is 4.67. The second kappa shape index (κ2) is 7.08. The highest BCUT2D eigenvalue weighted by Crippen LogP contribution is 2.17. The fraction of sp³-hybridized carbons (Fsp3) is 0.286. The highest BCUT2D eigenvalue weighted by molar-refractivity contribution is 7.92. The van der Waals surface area contributed by atoms with Gasteiger partial charge >= 0.3 is 0 Å². The summed E-state index contributed by atoms with van der Waals surface area (Å²) in [5, 5.41) is 10.8. The van der Waals surface area contributed by atoms with E-state index in [4.69, 9.17) is 4.74 Å². The lowest BCUT2D eigenvalue weighted by atomic mass is 10.1. The summed E-state index contributed by atoms with van der Waals surface area (Å²) in [5.41, 5.74) is 1.10. The molecule has 1 heterocycles. The van der Waals surface area contributed by atoms with E-state index in [-0.39, 0.29) is 5.82 Å². The Morgan fingerprint density at radius 3 is 2.41 bits per heavy atom. The van der Waals surface area contributed by atoms with Crippen LogP contribution in [0.1, 0.15) is 5.56 Å². The molecular weight excluding hydrogens is 304 g/mol. The van der Waals surface area contributed by atoms with Crippen LogP contribution in [0.3, 0.4) is 0 Å². The number of hydrogen-bond acceptors (Lipinski definition) is 6. The zero-order valence-electron chi connectivity index (χ0n) is 12.4. The largest absolute Gasteiger partial charge is 0.496 e. The molecule has 118 valence electrons. The number of methoxy groups -OCH3 is 1. The minimum absolute atomic E-state index is 0.192. The van der Waals surface area contributed by atoms with Crippen LogP contribution in [0.5, 0.6) is 5.75 Å². The Kier molecular flexibility index (Phi) is 5.16. The van der Waals surface area contributed by atoms with E-state index >= 15 is 0 Å². The number of sulfonamides is 1. The number of rotatable bonds is 7. The van der Waals surface area contributed by atoms with E-state index in [1.54, 1.807) is 19.2 Å².